The molecule has 0 aliphatic carbocycles. The Labute approximate surface area is 193 Å². The van der Waals surface area contributed by atoms with Crippen LogP contribution in [0, 0.1) is 19.9 Å². The van der Waals surface area contributed by atoms with E-state index in [1.165, 1.54) is 41.8 Å². The first kappa shape index (κ1) is 25.7. The number of aliphatic hydroxyl groups excluding tert-OH is 1. The van der Waals surface area contributed by atoms with Gasteiger partial charge in [-0.3, -0.25) is 4.79 Å². The number of aryl methyl sites for hydroxylation is 2. The number of ketones is 1. The molecule has 161 valence electrons. The second kappa shape index (κ2) is 11.8. The van der Waals surface area contributed by atoms with Crippen molar-refractivity contribution in [2.75, 3.05) is 0 Å². The van der Waals surface area contributed by atoms with Gasteiger partial charge in [0.15, 0.2) is 5.78 Å². The number of nitrogens with zero attached hydrogens (tertiary/aromatic N) is 1. The maximum absolute atomic E-state index is 10.0. The Morgan fingerprint density at radius 2 is 1.87 bits per heavy atom. The number of carbonyl (C=O) groups is 1. The van der Waals surface area contributed by atoms with Gasteiger partial charge in [0.2, 0.25) is 0 Å². The van der Waals surface area contributed by atoms with Gasteiger partial charge in [0.1, 0.15) is 0 Å². The van der Waals surface area contributed by atoms with E-state index in [4.69, 9.17) is 5.11 Å². The monoisotopic (exact) mass is 581 g/mol. The Balaban J connectivity index is 0.000000489. The van der Waals surface area contributed by atoms with E-state index in [0.29, 0.717) is 5.92 Å². The number of pyridine rings is 1. The largest absolute Gasteiger partial charge is 0.512 e. The van der Waals surface area contributed by atoms with Gasteiger partial charge in [0.05, 0.1) is 5.76 Å². The summed E-state index contributed by atoms with van der Waals surface area (Å²) in [6.07, 6.45) is 4.23. The predicted octanol–water partition coefficient (Wildman–Crippen LogP) is 6.87. The number of aliphatic hydroxyl groups is 1. The summed E-state index contributed by atoms with van der Waals surface area (Å²) in [4.78, 5) is 14.6. The molecule has 0 spiro atoms. The summed E-state index contributed by atoms with van der Waals surface area (Å²) in [5, 5.41) is 10.8. The van der Waals surface area contributed by atoms with Gasteiger partial charge in [-0.25, -0.2) is 0 Å². The Kier molecular flexibility index (Phi) is 10.1. The summed E-state index contributed by atoms with van der Waals surface area (Å²) in [5.74, 6) is 0.529. The number of rotatable bonds is 4. The molecular formula is C26H30IrNO2-. The molecule has 1 aromatic heterocycles. The van der Waals surface area contributed by atoms with Gasteiger partial charge in [0.25, 0.3) is 0 Å². The molecular weight excluding hydrogens is 551 g/mol. The van der Waals surface area contributed by atoms with E-state index < -0.39 is 0 Å². The fourth-order valence-electron chi connectivity index (χ4n) is 3.27. The Hall–Kier alpha value is -2.29. The molecule has 3 rings (SSSR count). The van der Waals surface area contributed by atoms with Crippen LogP contribution in [0.5, 0.6) is 0 Å². The van der Waals surface area contributed by atoms with Crippen LogP contribution in [-0.4, -0.2) is 15.9 Å². The summed E-state index contributed by atoms with van der Waals surface area (Å²) in [6.45, 7) is 11.6. The minimum absolute atomic E-state index is 0. The van der Waals surface area contributed by atoms with Crippen molar-refractivity contribution >= 4 is 16.6 Å². The molecule has 1 atom stereocenters. The van der Waals surface area contributed by atoms with Crippen molar-refractivity contribution in [1.82, 2.24) is 4.98 Å². The van der Waals surface area contributed by atoms with Crippen LogP contribution in [0.25, 0.3) is 22.0 Å². The van der Waals surface area contributed by atoms with Crippen LogP contribution < -0.4 is 0 Å². The van der Waals surface area contributed by atoms with Gasteiger partial charge in [-0.2, -0.15) is 0 Å². The molecule has 4 heteroatoms. The van der Waals surface area contributed by atoms with Crippen LogP contribution in [0.1, 0.15) is 56.7 Å². The number of carbonyl (C=O) groups excluding carboxylic acids is 1. The molecule has 1 heterocycles. The first-order valence-corrected chi connectivity index (χ1v) is 9.98. The van der Waals surface area contributed by atoms with Gasteiger partial charge >= 0.3 is 0 Å². The maximum atomic E-state index is 10.0. The Morgan fingerprint density at radius 3 is 2.40 bits per heavy atom. The number of aromatic nitrogens is 1. The smallest absolute Gasteiger partial charge is 0.155 e. The molecule has 0 aliphatic rings. The van der Waals surface area contributed by atoms with E-state index in [1.807, 2.05) is 6.20 Å². The second-order valence-corrected chi connectivity index (χ2v) is 7.60. The van der Waals surface area contributed by atoms with E-state index in [-0.39, 0.29) is 31.6 Å². The zero-order valence-electron chi connectivity index (χ0n) is 18.5. The van der Waals surface area contributed by atoms with Crippen molar-refractivity contribution in [2.45, 2.75) is 53.9 Å². The summed E-state index contributed by atoms with van der Waals surface area (Å²) in [6, 6.07) is 16.6. The van der Waals surface area contributed by atoms with Gasteiger partial charge < -0.3 is 10.1 Å². The third-order valence-corrected chi connectivity index (χ3v) is 4.79. The van der Waals surface area contributed by atoms with E-state index >= 15 is 0 Å². The van der Waals surface area contributed by atoms with Crippen molar-refractivity contribution in [3.63, 3.8) is 0 Å². The number of hydrogen-bond acceptors (Lipinski definition) is 3. The van der Waals surface area contributed by atoms with Crippen LogP contribution in [0.4, 0.5) is 0 Å². The second-order valence-electron chi connectivity index (χ2n) is 7.60. The topological polar surface area (TPSA) is 50.2 Å². The van der Waals surface area contributed by atoms with Crippen LogP contribution in [0.2, 0.25) is 0 Å². The van der Waals surface area contributed by atoms with Crippen LogP contribution >= 0.6 is 0 Å². The molecule has 30 heavy (non-hydrogen) atoms. The standard InChI is InChI=1S/C21H22N.C5H8O2.Ir/c1-5-16(4)17-6-7-20-18(13-17)8-9-22-21(20)19-11-14(2)10-15(3)12-19;1-4(6)3-5(2)7;/h6-11,13,16H,5H2,1-4H3;3,6H,1-2H3;/q-1;;/b;4-3-;. The zero-order chi connectivity index (χ0) is 21.6. The predicted molar refractivity (Wildman–Crippen MR) is 121 cm³/mol. The normalized spacial score (nSPS) is 11.9. The summed E-state index contributed by atoms with van der Waals surface area (Å²) >= 11 is 0. The molecule has 3 nitrogen and oxygen atoms in total. The van der Waals surface area contributed by atoms with Gasteiger partial charge in [-0.1, -0.05) is 45.9 Å². The minimum atomic E-state index is -0.125. The molecule has 3 aromatic rings. The molecule has 1 N–H and O–H groups in total. The van der Waals surface area contributed by atoms with Gasteiger partial charge in [-0.05, 0) is 54.3 Å². The third kappa shape index (κ3) is 7.19. The summed E-state index contributed by atoms with van der Waals surface area (Å²) < 4.78 is 0. The summed E-state index contributed by atoms with van der Waals surface area (Å²) in [5.41, 5.74) is 5.92. The van der Waals surface area contributed by atoms with Crippen LogP contribution in [0.15, 0.2) is 54.4 Å². The van der Waals surface area contributed by atoms with E-state index in [9.17, 15) is 4.79 Å². The SMILES string of the molecule is CC(=O)/C=C(/C)O.CCC(C)c1ccc2c(-c3[c-]c(C)cc(C)c3)nccc2c1.[Ir]. The number of fused-ring (bicyclic) bond motifs is 1. The first-order valence-electron chi connectivity index (χ1n) is 9.98. The zero-order valence-corrected chi connectivity index (χ0v) is 20.9. The molecule has 0 bridgehead atoms. The fourth-order valence-corrected chi connectivity index (χ4v) is 3.27. The van der Waals surface area contributed by atoms with E-state index in [1.54, 1.807) is 0 Å². The van der Waals surface area contributed by atoms with Crippen LogP contribution in [-0.2, 0) is 24.9 Å². The third-order valence-electron chi connectivity index (χ3n) is 4.79. The molecule has 0 saturated carbocycles. The molecule has 0 amide bonds. The average molecular weight is 581 g/mol. The Morgan fingerprint density at radius 1 is 1.17 bits per heavy atom. The summed E-state index contributed by atoms with van der Waals surface area (Å²) in [7, 11) is 0. The average Bonchev–Trinajstić information content (AvgIpc) is 2.65. The van der Waals surface area contributed by atoms with Crippen molar-refractivity contribution < 1.29 is 30.0 Å². The molecule has 2 aromatic carbocycles. The molecule has 0 fully saturated rings. The number of benzene rings is 2. The number of allylic oxidation sites excluding steroid dienone is 2. The quantitative estimate of drug-likeness (QED) is 0.208. The molecule has 0 aliphatic heterocycles. The van der Waals surface area contributed by atoms with E-state index in [2.05, 4.69) is 75.1 Å². The van der Waals surface area contributed by atoms with Gasteiger partial charge in [-0.15, -0.1) is 34.9 Å². The van der Waals surface area contributed by atoms with E-state index in [0.717, 1.165) is 23.2 Å². The van der Waals surface area contributed by atoms with Crippen molar-refractivity contribution in [1.29, 1.82) is 0 Å². The fraction of sp³-hybridized carbons (Fsp3) is 0.308. The molecule has 1 radical (unpaired) electrons. The van der Waals surface area contributed by atoms with Gasteiger partial charge in [0, 0.05) is 32.4 Å². The molecule has 1 unspecified atom stereocenters. The van der Waals surface area contributed by atoms with Crippen molar-refractivity contribution in [2.24, 2.45) is 0 Å². The molecule has 0 saturated heterocycles. The van der Waals surface area contributed by atoms with Crippen molar-refractivity contribution in [3.05, 3.63) is 77.2 Å². The minimum Gasteiger partial charge on any atom is -0.512 e. The maximum Gasteiger partial charge on any atom is 0.155 e. The first-order chi connectivity index (χ1) is 13.7. The van der Waals surface area contributed by atoms with Crippen LogP contribution in [0.3, 0.4) is 0 Å². The Bertz CT molecular complexity index is 1020. The van der Waals surface area contributed by atoms with Crippen molar-refractivity contribution in [3.8, 4) is 11.3 Å². The number of hydrogen-bond donors (Lipinski definition) is 1.